The molecule has 0 aromatic heterocycles. The molecule has 11 heteroatoms. The molecule has 3 aromatic rings. The number of hydrogen-bond donors (Lipinski definition) is 3. The van der Waals surface area contributed by atoms with Crippen molar-refractivity contribution in [2.24, 2.45) is 5.10 Å². The lowest BCUT2D eigenvalue weighted by Crippen LogP contribution is -2.32. The van der Waals surface area contributed by atoms with Crippen LogP contribution in [0.15, 0.2) is 59.7 Å². The number of amides is 3. The Bertz CT molecular complexity index is 1360. The molecule has 9 nitrogen and oxygen atoms in total. The van der Waals surface area contributed by atoms with Gasteiger partial charge in [-0.3, -0.25) is 14.4 Å². The van der Waals surface area contributed by atoms with Crippen LogP contribution in [0.4, 0.5) is 11.4 Å². The van der Waals surface area contributed by atoms with Crippen molar-refractivity contribution < 1.29 is 23.9 Å². The van der Waals surface area contributed by atoms with Crippen LogP contribution in [0.5, 0.6) is 11.5 Å². The molecular weight excluding hydrogens is 519 g/mol. The van der Waals surface area contributed by atoms with Crippen molar-refractivity contribution in [2.45, 2.75) is 13.8 Å². The Kier molecular flexibility index (Phi) is 9.48. The number of nitrogens with one attached hydrogen (secondary N) is 3. The van der Waals surface area contributed by atoms with Gasteiger partial charge in [-0.25, -0.2) is 5.43 Å². The van der Waals surface area contributed by atoms with E-state index in [1.165, 1.54) is 19.4 Å². The summed E-state index contributed by atoms with van der Waals surface area (Å²) in [5.41, 5.74) is 5.57. The Morgan fingerprint density at radius 3 is 2.38 bits per heavy atom. The molecule has 0 unspecified atom stereocenters. The monoisotopic (exact) mass is 542 g/mol. The summed E-state index contributed by atoms with van der Waals surface area (Å²) in [6, 6.07) is 15.2. The van der Waals surface area contributed by atoms with Crippen LogP contribution in [0.25, 0.3) is 0 Å². The van der Waals surface area contributed by atoms with Crippen molar-refractivity contribution in [1.82, 2.24) is 5.43 Å². The number of carbonyl (C=O) groups excluding carboxylic acids is 3. The van der Waals surface area contributed by atoms with Gasteiger partial charge in [0, 0.05) is 5.69 Å². The summed E-state index contributed by atoms with van der Waals surface area (Å²) in [4.78, 5) is 36.4. The van der Waals surface area contributed by atoms with Crippen LogP contribution < -0.4 is 25.5 Å². The topological polar surface area (TPSA) is 118 Å². The maximum atomic E-state index is 12.4. The third-order valence-electron chi connectivity index (χ3n) is 4.96. The van der Waals surface area contributed by atoms with E-state index in [-0.39, 0.29) is 29.0 Å². The first-order valence-electron chi connectivity index (χ1n) is 10.9. The maximum Gasteiger partial charge on any atom is 0.329 e. The number of aryl methyl sites for hydroxylation is 2. The molecule has 0 fully saturated rings. The number of para-hydroxylation sites is 1. The Morgan fingerprint density at radius 1 is 0.919 bits per heavy atom. The van der Waals surface area contributed by atoms with E-state index in [0.717, 1.165) is 11.1 Å². The van der Waals surface area contributed by atoms with Crippen LogP contribution in [0.3, 0.4) is 0 Å². The third-order valence-corrected chi connectivity index (χ3v) is 5.57. The van der Waals surface area contributed by atoms with Gasteiger partial charge in [-0.15, -0.1) is 0 Å². The van der Waals surface area contributed by atoms with E-state index < -0.39 is 11.8 Å². The molecule has 0 aliphatic rings. The highest BCUT2D eigenvalue weighted by molar-refractivity contribution is 6.41. The lowest BCUT2D eigenvalue weighted by molar-refractivity contribution is -0.136. The van der Waals surface area contributed by atoms with Crippen molar-refractivity contribution in [3.63, 3.8) is 0 Å². The number of hydrazone groups is 1. The molecule has 0 saturated heterocycles. The number of rotatable bonds is 8. The summed E-state index contributed by atoms with van der Waals surface area (Å²) in [5.74, 6) is -1.89. The van der Waals surface area contributed by atoms with Gasteiger partial charge in [0.15, 0.2) is 18.1 Å². The van der Waals surface area contributed by atoms with E-state index in [2.05, 4.69) is 21.2 Å². The van der Waals surface area contributed by atoms with Gasteiger partial charge in [0.2, 0.25) is 0 Å². The smallest absolute Gasteiger partial charge is 0.329 e. The zero-order valence-corrected chi connectivity index (χ0v) is 21.7. The number of ether oxygens (including phenoxy) is 2. The summed E-state index contributed by atoms with van der Waals surface area (Å²) in [7, 11) is 1.41. The molecule has 0 heterocycles. The van der Waals surface area contributed by atoms with Gasteiger partial charge < -0.3 is 20.1 Å². The fraction of sp³-hybridized carbons (Fsp3) is 0.154. The van der Waals surface area contributed by atoms with Gasteiger partial charge in [0.05, 0.1) is 29.1 Å². The highest BCUT2D eigenvalue weighted by atomic mass is 35.5. The molecule has 0 aliphatic heterocycles. The van der Waals surface area contributed by atoms with E-state index in [4.69, 9.17) is 32.7 Å². The Balaban J connectivity index is 1.59. The van der Waals surface area contributed by atoms with Crippen molar-refractivity contribution in [3.8, 4) is 11.5 Å². The number of benzene rings is 3. The molecule has 0 radical (unpaired) electrons. The predicted molar refractivity (Wildman–Crippen MR) is 144 cm³/mol. The first kappa shape index (κ1) is 27.5. The summed E-state index contributed by atoms with van der Waals surface area (Å²) in [6.07, 6.45) is 1.27. The Morgan fingerprint density at radius 2 is 1.68 bits per heavy atom. The molecule has 0 bridgehead atoms. The molecule has 0 saturated carbocycles. The molecule has 192 valence electrons. The predicted octanol–water partition coefficient (Wildman–Crippen LogP) is 4.73. The van der Waals surface area contributed by atoms with Crippen LogP contribution in [-0.4, -0.2) is 37.7 Å². The second-order valence-electron chi connectivity index (χ2n) is 7.82. The fourth-order valence-corrected chi connectivity index (χ4v) is 3.65. The number of nitrogens with zero attached hydrogens (tertiary/aromatic N) is 1. The minimum absolute atomic E-state index is 0.155. The van der Waals surface area contributed by atoms with Gasteiger partial charge in [-0.1, -0.05) is 53.0 Å². The average molecular weight is 543 g/mol. The van der Waals surface area contributed by atoms with Gasteiger partial charge in [0.25, 0.3) is 5.91 Å². The second-order valence-corrected chi connectivity index (χ2v) is 8.64. The second kappa shape index (κ2) is 12.8. The minimum atomic E-state index is -0.996. The highest BCUT2D eigenvalue weighted by Gasteiger charge is 2.16. The fourth-order valence-electron chi connectivity index (χ4n) is 3.19. The van der Waals surface area contributed by atoms with E-state index in [9.17, 15) is 14.4 Å². The molecule has 37 heavy (non-hydrogen) atoms. The molecule has 3 N–H and O–H groups in total. The van der Waals surface area contributed by atoms with E-state index in [1.54, 1.807) is 30.3 Å². The Labute approximate surface area is 223 Å². The normalized spacial score (nSPS) is 10.6. The highest BCUT2D eigenvalue weighted by Crippen LogP contribution is 2.36. The van der Waals surface area contributed by atoms with Crippen molar-refractivity contribution >= 4 is 58.5 Å². The lowest BCUT2D eigenvalue weighted by Gasteiger charge is -2.14. The average Bonchev–Trinajstić information content (AvgIpc) is 2.86. The van der Waals surface area contributed by atoms with E-state index in [1.807, 2.05) is 32.0 Å². The zero-order valence-electron chi connectivity index (χ0n) is 20.2. The first-order chi connectivity index (χ1) is 17.7. The molecule has 3 rings (SSSR count). The summed E-state index contributed by atoms with van der Waals surface area (Å²) >= 11 is 12.3. The first-order valence-corrected chi connectivity index (χ1v) is 11.7. The van der Waals surface area contributed by atoms with Gasteiger partial charge in [0.1, 0.15) is 0 Å². The number of hydrogen-bond acceptors (Lipinski definition) is 6. The summed E-state index contributed by atoms with van der Waals surface area (Å²) < 4.78 is 10.9. The molecule has 0 atom stereocenters. The molecular formula is C26H24Cl2N4O5. The molecule has 3 amide bonds. The third kappa shape index (κ3) is 7.70. The quantitative estimate of drug-likeness (QED) is 0.216. The molecule has 0 spiro atoms. The van der Waals surface area contributed by atoms with Crippen LogP contribution in [0.1, 0.15) is 16.7 Å². The number of anilines is 2. The van der Waals surface area contributed by atoms with Crippen molar-refractivity contribution in [1.29, 1.82) is 0 Å². The largest absolute Gasteiger partial charge is 0.493 e. The van der Waals surface area contributed by atoms with Gasteiger partial charge >= 0.3 is 11.8 Å². The van der Waals surface area contributed by atoms with Crippen LogP contribution >= 0.6 is 23.2 Å². The van der Waals surface area contributed by atoms with Gasteiger partial charge in [-0.05, 0) is 55.3 Å². The zero-order chi connectivity index (χ0) is 26.9. The number of halogens is 2. The SMILES string of the molecule is COc1cc(/C=N\NC(=O)C(=O)Nc2ccccc2Cl)cc(Cl)c1OCC(=O)Nc1ccc(C)cc1C. The standard InChI is InChI=1S/C26H24Cl2N4O5/c1-15-8-9-20(16(2)10-15)30-23(33)14-37-24-19(28)11-17(12-22(24)36-3)13-29-32-26(35)25(34)31-21-7-5-4-6-18(21)27/h4-13H,14H2,1-3H3,(H,30,33)(H,31,34)(H,32,35)/b29-13-. The molecule has 3 aromatic carbocycles. The van der Waals surface area contributed by atoms with Gasteiger partial charge in [-0.2, -0.15) is 5.10 Å². The molecule has 0 aliphatic carbocycles. The van der Waals surface area contributed by atoms with Crippen LogP contribution in [-0.2, 0) is 14.4 Å². The number of methoxy groups -OCH3 is 1. The Hall–Kier alpha value is -4.08. The number of carbonyl (C=O) groups is 3. The van der Waals surface area contributed by atoms with Crippen LogP contribution in [0, 0.1) is 13.8 Å². The van der Waals surface area contributed by atoms with Crippen LogP contribution in [0.2, 0.25) is 10.0 Å². The maximum absolute atomic E-state index is 12.4. The summed E-state index contributed by atoms with van der Waals surface area (Å²) in [5, 5.41) is 9.40. The lowest BCUT2D eigenvalue weighted by atomic mass is 10.1. The van der Waals surface area contributed by atoms with Crippen molar-refractivity contribution in [2.75, 3.05) is 24.4 Å². The van der Waals surface area contributed by atoms with Crippen molar-refractivity contribution in [3.05, 3.63) is 81.3 Å². The van der Waals surface area contributed by atoms with E-state index in [0.29, 0.717) is 22.0 Å². The minimum Gasteiger partial charge on any atom is -0.493 e. The van der Waals surface area contributed by atoms with E-state index >= 15 is 0 Å². The summed E-state index contributed by atoms with van der Waals surface area (Å²) in [6.45, 7) is 3.57.